The van der Waals surface area contributed by atoms with Crippen molar-refractivity contribution in [1.29, 1.82) is 0 Å². The van der Waals surface area contributed by atoms with Crippen LogP contribution in [0.1, 0.15) is 48.9 Å². The second-order valence-corrected chi connectivity index (χ2v) is 8.47. The maximum absolute atomic E-state index is 14.3. The van der Waals surface area contributed by atoms with Gasteiger partial charge in [-0.15, -0.1) is 0 Å². The molecule has 2 aromatic rings. The van der Waals surface area contributed by atoms with Gasteiger partial charge in [0.25, 0.3) is 0 Å². The normalized spacial score (nSPS) is 13.2. The van der Waals surface area contributed by atoms with Gasteiger partial charge in [-0.2, -0.15) is 5.06 Å². The Hall–Kier alpha value is -1.78. The Kier molecular flexibility index (Phi) is 7.12. The molecule has 2 rings (SSSR count). The van der Waals surface area contributed by atoms with Crippen LogP contribution in [0.5, 0.6) is 0 Å². The van der Waals surface area contributed by atoms with Crippen molar-refractivity contribution in [3.05, 3.63) is 70.3 Å². The Labute approximate surface area is 162 Å². The first-order chi connectivity index (χ1) is 12.6. The zero-order chi connectivity index (χ0) is 20.2. The molecule has 0 aliphatic carbocycles. The van der Waals surface area contributed by atoms with E-state index in [0.717, 1.165) is 23.2 Å². The van der Waals surface area contributed by atoms with Crippen LogP contribution >= 0.6 is 0 Å². The molecule has 27 heavy (non-hydrogen) atoms. The highest BCUT2D eigenvalue weighted by atomic mass is 19.1. The summed E-state index contributed by atoms with van der Waals surface area (Å²) in [5, 5.41) is 1.90. The van der Waals surface area contributed by atoms with Crippen molar-refractivity contribution in [2.24, 2.45) is 5.41 Å². The number of rotatable bonds is 7. The highest BCUT2D eigenvalue weighted by Gasteiger charge is 2.25. The monoisotopic (exact) mass is 375 g/mol. The van der Waals surface area contributed by atoms with E-state index < -0.39 is 11.6 Å². The van der Waals surface area contributed by atoms with Gasteiger partial charge in [-0.3, -0.25) is 0 Å². The summed E-state index contributed by atoms with van der Waals surface area (Å²) >= 11 is 0. The highest BCUT2D eigenvalue weighted by molar-refractivity contribution is 5.38. The molecule has 0 radical (unpaired) electrons. The van der Waals surface area contributed by atoms with Crippen LogP contribution in [-0.2, 0) is 11.3 Å². The number of aryl methyl sites for hydroxylation is 2. The number of hydrogen-bond acceptors (Lipinski definition) is 2. The van der Waals surface area contributed by atoms with E-state index in [1.165, 1.54) is 18.2 Å². The molecule has 0 amide bonds. The molecular weight excluding hydrogens is 344 g/mol. The van der Waals surface area contributed by atoms with E-state index in [9.17, 15) is 8.78 Å². The molecule has 0 N–H and O–H groups in total. The highest BCUT2D eigenvalue weighted by Crippen LogP contribution is 2.31. The molecule has 1 atom stereocenters. The van der Waals surface area contributed by atoms with Gasteiger partial charge in [0.05, 0.1) is 7.11 Å². The molecular formula is C23H31F2NO. The second kappa shape index (κ2) is 8.94. The van der Waals surface area contributed by atoms with E-state index in [1.807, 2.05) is 37.1 Å². The molecule has 0 aliphatic heterocycles. The van der Waals surface area contributed by atoms with Gasteiger partial charge in [-0.05, 0) is 54.5 Å². The summed E-state index contributed by atoms with van der Waals surface area (Å²) in [5.74, 6) is -1.07. The van der Waals surface area contributed by atoms with E-state index in [1.54, 1.807) is 7.11 Å². The van der Waals surface area contributed by atoms with Crippen LogP contribution < -0.4 is 0 Å². The van der Waals surface area contributed by atoms with Crippen LogP contribution in [0.2, 0.25) is 0 Å². The lowest BCUT2D eigenvalue weighted by atomic mass is 9.85. The van der Waals surface area contributed by atoms with E-state index >= 15 is 0 Å². The van der Waals surface area contributed by atoms with Crippen molar-refractivity contribution in [2.45, 2.75) is 47.0 Å². The minimum absolute atomic E-state index is 0.0462. The van der Waals surface area contributed by atoms with Crippen molar-refractivity contribution in [3.63, 3.8) is 0 Å². The maximum atomic E-state index is 14.3. The van der Waals surface area contributed by atoms with E-state index in [4.69, 9.17) is 4.84 Å². The zero-order valence-electron chi connectivity index (χ0n) is 17.3. The number of nitrogens with zero attached hydrogens (tertiary/aromatic N) is 1. The molecule has 2 nitrogen and oxygen atoms in total. The summed E-state index contributed by atoms with van der Waals surface area (Å²) in [7, 11) is 1.65. The fourth-order valence-electron chi connectivity index (χ4n) is 3.68. The van der Waals surface area contributed by atoms with Gasteiger partial charge in [0.2, 0.25) is 0 Å². The smallest absolute Gasteiger partial charge is 0.129 e. The molecule has 0 bridgehead atoms. The maximum Gasteiger partial charge on any atom is 0.129 e. The molecule has 0 saturated heterocycles. The standard InChI is InChI=1S/C23H31F2NO/c1-16-9-7-10-17(2)22(16)18(14-26(27-6)15-23(3,4)5)13-19-20(24)11-8-12-21(19)25/h7-12,18H,13-15H2,1-6H3. The van der Waals surface area contributed by atoms with Crippen molar-refractivity contribution in [2.75, 3.05) is 20.2 Å². The molecule has 0 saturated carbocycles. The van der Waals surface area contributed by atoms with Crippen molar-refractivity contribution in [3.8, 4) is 0 Å². The fourth-order valence-corrected chi connectivity index (χ4v) is 3.68. The Balaban J connectivity index is 2.42. The third-order valence-electron chi connectivity index (χ3n) is 4.80. The number of halogens is 2. The topological polar surface area (TPSA) is 12.5 Å². The summed E-state index contributed by atoms with van der Waals surface area (Å²) in [5.41, 5.74) is 3.57. The van der Waals surface area contributed by atoms with Gasteiger partial charge < -0.3 is 4.84 Å². The number of benzene rings is 2. The minimum Gasteiger partial charge on any atom is -0.302 e. The van der Waals surface area contributed by atoms with Gasteiger partial charge in [0, 0.05) is 24.6 Å². The van der Waals surface area contributed by atoms with Gasteiger partial charge >= 0.3 is 0 Å². The van der Waals surface area contributed by atoms with Crippen LogP contribution in [0, 0.1) is 30.9 Å². The SMILES string of the molecule is CON(CC(Cc1c(F)cccc1F)c1c(C)cccc1C)CC(C)(C)C. The molecule has 0 fully saturated rings. The van der Waals surface area contributed by atoms with Gasteiger partial charge in [0.1, 0.15) is 11.6 Å². The molecule has 0 heterocycles. The molecule has 0 aromatic heterocycles. The largest absolute Gasteiger partial charge is 0.302 e. The molecule has 2 aromatic carbocycles. The lowest BCUT2D eigenvalue weighted by Crippen LogP contribution is -2.36. The van der Waals surface area contributed by atoms with Crippen molar-refractivity contribution >= 4 is 0 Å². The van der Waals surface area contributed by atoms with Crippen LogP contribution in [-0.4, -0.2) is 25.3 Å². The van der Waals surface area contributed by atoms with Gasteiger partial charge in [-0.25, -0.2) is 8.78 Å². The average Bonchev–Trinajstić information content (AvgIpc) is 2.55. The first kappa shape index (κ1) is 21.5. The third kappa shape index (κ3) is 5.85. The Morgan fingerprint density at radius 1 is 0.963 bits per heavy atom. The Morgan fingerprint density at radius 3 is 1.96 bits per heavy atom. The Morgan fingerprint density at radius 2 is 1.48 bits per heavy atom. The molecule has 1 unspecified atom stereocenters. The van der Waals surface area contributed by atoms with E-state index in [0.29, 0.717) is 6.54 Å². The van der Waals surface area contributed by atoms with Crippen LogP contribution in [0.3, 0.4) is 0 Å². The average molecular weight is 376 g/mol. The quantitative estimate of drug-likeness (QED) is 0.566. The van der Waals surface area contributed by atoms with Crippen molar-refractivity contribution in [1.82, 2.24) is 5.06 Å². The molecule has 4 heteroatoms. The van der Waals surface area contributed by atoms with Crippen LogP contribution in [0.15, 0.2) is 36.4 Å². The number of hydrogen-bond donors (Lipinski definition) is 0. The van der Waals surface area contributed by atoms with Gasteiger partial charge in [0.15, 0.2) is 0 Å². The second-order valence-electron chi connectivity index (χ2n) is 8.47. The van der Waals surface area contributed by atoms with Crippen LogP contribution in [0.25, 0.3) is 0 Å². The van der Waals surface area contributed by atoms with Crippen molar-refractivity contribution < 1.29 is 13.6 Å². The third-order valence-corrected chi connectivity index (χ3v) is 4.80. The summed E-state index contributed by atoms with van der Waals surface area (Å²) in [6.45, 7) is 11.8. The Bertz CT molecular complexity index is 727. The summed E-state index contributed by atoms with van der Waals surface area (Å²) in [4.78, 5) is 5.60. The summed E-state index contributed by atoms with van der Waals surface area (Å²) in [6.07, 6.45) is 0.286. The summed E-state index contributed by atoms with van der Waals surface area (Å²) in [6, 6.07) is 10.2. The zero-order valence-corrected chi connectivity index (χ0v) is 17.3. The first-order valence-electron chi connectivity index (χ1n) is 9.40. The predicted octanol–water partition coefficient (Wildman–Crippen LogP) is 5.82. The van der Waals surface area contributed by atoms with Crippen LogP contribution in [0.4, 0.5) is 8.78 Å². The first-order valence-corrected chi connectivity index (χ1v) is 9.40. The minimum atomic E-state index is -0.494. The van der Waals surface area contributed by atoms with Gasteiger partial charge in [-0.1, -0.05) is 45.0 Å². The van der Waals surface area contributed by atoms with E-state index in [2.05, 4.69) is 20.8 Å². The van der Waals surface area contributed by atoms with E-state index in [-0.39, 0.29) is 23.3 Å². The molecule has 148 valence electrons. The molecule has 0 aliphatic rings. The molecule has 0 spiro atoms. The lowest BCUT2D eigenvalue weighted by Gasteiger charge is -2.32. The summed E-state index contributed by atoms with van der Waals surface area (Å²) < 4.78 is 28.7. The fraction of sp³-hybridized carbons (Fsp3) is 0.478. The predicted molar refractivity (Wildman–Crippen MR) is 107 cm³/mol. The lowest BCUT2D eigenvalue weighted by molar-refractivity contribution is -0.150. The number of hydroxylamine groups is 2.